The lowest BCUT2D eigenvalue weighted by molar-refractivity contribution is -0.147. The van der Waals surface area contributed by atoms with Crippen LogP contribution in [0.15, 0.2) is 11.1 Å². The number of rotatable bonds is 7. The van der Waals surface area contributed by atoms with E-state index >= 15 is 0 Å². The molecule has 0 aromatic rings. The number of aliphatic hydroxyl groups excluding tert-OH is 1. The maximum atomic E-state index is 14.1. The van der Waals surface area contributed by atoms with Gasteiger partial charge in [0, 0.05) is 54.9 Å². The van der Waals surface area contributed by atoms with Gasteiger partial charge in [-0.1, -0.05) is 41.5 Å². The summed E-state index contributed by atoms with van der Waals surface area (Å²) in [4.78, 5) is 64.4. The van der Waals surface area contributed by atoms with Crippen molar-refractivity contribution >= 4 is 29.4 Å². The number of hydrogen-bond donors (Lipinski definition) is 1. The molecule has 0 aromatic heterocycles. The molecule has 0 bridgehead atoms. The zero-order valence-electron chi connectivity index (χ0n) is 23.6. The van der Waals surface area contributed by atoms with Gasteiger partial charge in [-0.25, -0.2) is 0 Å². The number of fused-ring (bicyclic) bond motifs is 4. The first-order chi connectivity index (χ1) is 17.1. The fourth-order valence-electron chi connectivity index (χ4n) is 9.14. The molecular weight excluding hydrogens is 468 g/mol. The molecule has 8 unspecified atom stereocenters. The predicted molar refractivity (Wildman–Crippen MR) is 139 cm³/mol. The van der Waals surface area contributed by atoms with Crippen molar-refractivity contribution in [3.05, 3.63) is 11.1 Å². The molecule has 4 rings (SSSR count). The summed E-state index contributed by atoms with van der Waals surface area (Å²) in [6.45, 7) is 13.7. The standard InChI is InChI=1S/C31H44O6/c1-17(9-11-32)12-19(33)13-18(2)20-14-25(37)31(7)27-21(34)15-23-28(3,4)24(36)8-10-29(23,5)26(27)22(35)16-30(20,31)6/h11,17-18,20-21,23,34H,8-10,12-16H2,1-7H3. The lowest BCUT2D eigenvalue weighted by Gasteiger charge is -2.60. The molecule has 0 aromatic carbocycles. The summed E-state index contributed by atoms with van der Waals surface area (Å²) in [5, 5.41) is 11.6. The van der Waals surface area contributed by atoms with Gasteiger partial charge in [-0.15, -0.1) is 0 Å². The number of ketones is 4. The summed E-state index contributed by atoms with van der Waals surface area (Å²) < 4.78 is 0. The van der Waals surface area contributed by atoms with E-state index < -0.39 is 27.8 Å². The van der Waals surface area contributed by atoms with Gasteiger partial charge in [-0.2, -0.15) is 0 Å². The van der Waals surface area contributed by atoms with E-state index in [0.29, 0.717) is 49.7 Å². The zero-order chi connectivity index (χ0) is 27.7. The molecule has 1 N–H and O–H groups in total. The Morgan fingerprint density at radius 2 is 1.70 bits per heavy atom. The van der Waals surface area contributed by atoms with Gasteiger partial charge in [0.25, 0.3) is 0 Å². The summed E-state index contributed by atoms with van der Waals surface area (Å²) in [6.07, 6.45) is 2.70. The molecule has 204 valence electrons. The van der Waals surface area contributed by atoms with Crippen LogP contribution in [0.25, 0.3) is 0 Å². The van der Waals surface area contributed by atoms with Crippen LogP contribution in [0.2, 0.25) is 0 Å². The molecule has 0 radical (unpaired) electrons. The number of Topliss-reactive ketones (excluding diaryl/α,β-unsaturated/α-hetero) is 4. The van der Waals surface area contributed by atoms with Crippen LogP contribution in [0.1, 0.15) is 99.8 Å². The summed E-state index contributed by atoms with van der Waals surface area (Å²) >= 11 is 0. The van der Waals surface area contributed by atoms with Crippen molar-refractivity contribution in [3.8, 4) is 0 Å². The molecule has 0 saturated heterocycles. The van der Waals surface area contributed by atoms with Gasteiger partial charge < -0.3 is 9.90 Å². The minimum atomic E-state index is -0.984. The average molecular weight is 513 g/mol. The van der Waals surface area contributed by atoms with Crippen LogP contribution < -0.4 is 0 Å². The number of hydrogen-bond acceptors (Lipinski definition) is 6. The van der Waals surface area contributed by atoms with Gasteiger partial charge >= 0.3 is 0 Å². The second-order valence-electron chi connectivity index (χ2n) is 14.0. The lowest BCUT2D eigenvalue weighted by atomic mass is 9.42. The van der Waals surface area contributed by atoms with E-state index in [1.54, 1.807) is 0 Å². The summed E-state index contributed by atoms with van der Waals surface area (Å²) in [6, 6.07) is 0. The third-order valence-corrected chi connectivity index (χ3v) is 11.4. The van der Waals surface area contributed by atoms with Gasteiger partial charge in [-0.05, 0) is 54.4 Å². The molecule has 4 aliphatic rings. The second-order valence-corrected chi connectivity index (χ2v) is 14.0. The molecule has 0 spiro atoms. The third kappa shape index (κ3) is 3.87. The van der Waals surface area contributed by atoms with Crippen LogP contribution in [0.5, 0.6) is 0 Å². The Balaban J connectivity index is 1.74. The molecule has 37 heavy (non-hydrogen) atoms. The van der Waals surface area contributed by atoms with Gasteiger partial charge in [0.15, 0.2) is 5.78 Å². The van der Waals surface area contributed by atoms with Crippen LogP contribution in [0.3, 0.4) is 0 Å². The quantitative estimate of drug-likeness (QED) is 0.489. The highest BCUT2D eigenvalue weighted by Gasteiger charge is 2.70. The maximum absolute atomic E-state index is 14.1. The number of allylic oxidation sites excluding steroid dienone is 1. The molecule has 0 amide bonds. The largest absolute Gasteiger partial charge is 0.389 e. The fraction of sp³-hybridized carbons (Fsp3) is 0.774. The van der Waals surface area contributed by atoms with Crippen LogP contribution in [-0.4, -0.2) is 40.6 Å². The molecule has 2 fully saturated rings. The van der Waals surface area contributed by atoms with Crippen molar-refractivity contribution in [2.24, 2.45) is 45.3 Å². The van der Waals surface area contributed by atoms with E-state index in [9.17, 15) is 29.1 Å². The van der Waals surface area contributed by atoms with Crippen molar-refractivity contribution in [2.45, 2.75) is 106 Å². The number of aldehydes is 1. The van der Waals surface area contributed by atoms with E-state index in [4.69, 9.17) is 0 Å². The van der Waals surface area contributed by atoms with Crippen molar-refractivity contribution in [1.29, 1.82) is 0 Å². The molecule has 6 nitrogen and oxygen atoms in total. The van der Waals surface area contributed by atoms with Gasteiger partial charge in [0.2, 0.25) is 0 Å². The van der Waals surface area contributed by atoms with Crippen LogP contribution in [0, 0.1) is 45.3 Å². The molecule has 2 saturated carbocycles. The SMILES string of the molecule is CC(CC=O)CC(=O)CC(C)C1CC(=O)C2(C)C3=C(C(=O)CC12C)C1(C)CCC(=O)C(C)(C)C1CC3O. The molecule has 6 heteroatoms. The van der Waals surface area contributed by atoms with E-state index in [1.807, 2.05) is 41.5 Å². The summed E-state index contributed by atoms with van der Waals surface area (Å²) in [5.74, 6) is -0.147. The zero-order valence-corrected chi connectivity index (χ0v) is 23.6. The Morgan fingerprint density at radius 3 is 2.32 bits per heavy atom. The van der Waals surface area contributed by atoms with Crippen molar-refractivity contribution < 1.29 is 29.1 Å². The number of carbonyl (C=O) groups excluding carboxylic acids is 5. The summed E-state index contributed by atoms with van der Waals surface area (Å²) in [5.41, 5.74) is -1.67. The highest BCUT2D eigenvalue weighted by molar-refractivity contribution is 6.05. The normalized spacial score (nSPS) is 40.5. The van der Waals surface area contributed by atoms with Crippen molar-refractivity contribution in [2.75, 3.05) is 0 Å². The number of aliphatic hydroxyl groups is 1. The first-order valence-electron chi connectivity index (χ1n) is 14.0. The topological polar surface area (TPSA) is 106 Å². The maximum Gasteiger partial charge on any atom is 0.160 e. The van der Waals surface area contributed by atoms with E-state index in [1.165, 1.54) is 0 Å². The van der Waals surface area contributed by atoms with Gasteiger partial charge in [-0.3, -0.25) is 19.2 Å². The summed E-state index contributed by atoms with van der Waals surface area (Å²) in [7, 11) is 0. The first-order valence-corrected chi connectivity index (χ1v) is 14.0. The van der Waals surface area contributed by atoms with Gasteiger partial charge in [0.05, 0.1) is 11.5 Å². The second kappa shape index (κ2) is 9.07. The Hall–Kier alpha value is -1.95. The van der Waals surface area contributed by atoms with E-state index in [-0.39, 0.29) is 59.6 Å². The Morgan fingerprint density at radius 1 is 1.05 bits per heavy atom. The molecule has 8 atom stereocenters. The highest BCUT2D eigenvalue weighted by atomic mass is 16.3. The van der Waals surface area contributed by atoms with Crippen LogP contribution >= 0.6 is 0 Å². The van der Waals surface area contributed by atoms with Crippen LogP contribution in [0.4, 0.5) is 0 Å². The van der Waals surface area contributed by atoms with Crippen LogP contribution in [-0.2, 0) is 24.0 Å². The molecule has 4 aliphatic carbocycles. The minimum absolute atomic E-state index is 0.00932. The monoisotopic (exact) mass is 512 g/mol. The smallest absolute Gasteiger partial charge is 0.160 e. The molecule has 0 aliphatic heterocycles. The third-order valence-electron chi connectivity index (χ3n) is 11.4. The molecular formula is C31H44O6. The minimum Gasteiger partial charge on any atom is -0.389 e. The Bertz CT molecular complexity index is 1080. The fourth-order valence-corrected chi connectivity index (χ4v) is 9.14. The van der Waals surface area contributed by atoms with E-state index in [0.717, 1.165) is 6.29 Å². The predicted octanol–water partition coefficient (Wildman–Crippen LogP) is 4.84. The average Bonchev–Trinajstić information content (AvgIpc) is 2.99. The van der Waals surface area contributed by atoms with Gasteiger partial charge in [0.1, 0.15) is 23.6 Å². The lowest BCUT2D eigenvalue weighted by Crippen LogP contribution is -2.60. The Labute approximate surface area is 221 Å². The number of carbonyl (C=O) groups is 5. The first kappa shape index (κ1) is 28.1. The Kier molecular flexibility index (Phi) is 6.88. The van der Waals surface area contributed by atoms with Crippen molar-refractivity contribution in [1.82, 2.24) is 0 Å². The highest BCUT2D eigenvalue weighted by Crippen LogP contribution is 2.70. The molecule has 0 heterocycles. The van der Waals surface area contributed by atoms with Crippen molar-refractivity contribution in [3.63, 3.8) is 0 Å². The van der Waals surface area contributed by atoms with E-state index in [2.05, 4.69) is 6.92 Å².